The summed E-state index contributed by atoms with van der Waals surface area (Å²) in [6, 6.07) is -0.928. The van der Waals surface area contributed by atoms with E-state index in [1.54, 1.807) is 0 Å². The second-order valence-electron chi connectivity index (χ2n) is 6.39. The smallest absolute Gasteiger partial charge is 0.334 e. The Kier molecular flexibility index (Phi) is 4.83. The minimum atomic E-state index is -0.899. The van der Waals surface area contributed by atoms with Crippen molar-refractivity contribution in [1.29, 1.82) is 0 Å². The molecule has 0 spiro atoms. The van der Waals surface area contributed by atoms with Crippen molar-refractivity contribution in [2.75, 3.05) is 6.54 Å². The Hall–Kier alpha value is -1.92. The lowest BCUT2D eigenvalue weighted by Crippen LogP contribution is -2.45. The van der Waals surface area contributed by atoms with E-state index in [9.17, 15) is 19.2 Å². The first-order chi connectivity index (χ1) is 10.3. The topological polar surface area (TPSA) is 86.8 Å². The predicted octanol–water partition coefficient (Wildman–Crippen LogP) is 0.880. The number of hydrogen-bond donors (Lipinski definition) is 1. The van der Waals surface area contributed by atoms with Crippen LogP contribution in [-0.4, -0.2) is 52.2 Å². The summed E-state index contributed by atoms with van der Waals surface area (Å²) >= 11 is 0. The van der Waals surface area contributed by atoms with Crippen LogP contribution in [0.25, 0.3) is 0 Å². The Balaban J connectivity index is 2.02. The Bertz CT molecular complexity index is 497. The van der Waals surface area contributed by atoms with Gasteiger partial charge in [0.1, 0.15) is 6.54 Å². The van der Waals surface area contributed by atoms with Gasteiger partial charge in [-0.1, -0.05) is 26.7 Å². The molecule has 0 aromatic carbocycles. The fourth-order valence-electron chi connectivity index (χ4n) is 2.76. The molecule has 1 aliphatic heterocycles. The van der Waals surface area contributed by atoms with Gasteiger partial charge in [-0.15, -0.1) is 0 Å². The Labute approximate surface area is 130 Å². The molecule has 1 saturated carbocycles. The third kappa shape index (κ3) is 3.13. The van der Waals surface area contributed by atoms with Crippen molar-refractivity contribution in [1.82, 2.24) is 15.1 Å². The van der Waals surface area contributed by atoms with E-state index in [2.05, 4.69) is 5.32 Å². The van der Waals surface area contributed by atoms with E-state index in [0.29, 0.717) is 0 Å². The predicted molar refractivity (Wildman–Crippen MR) is 78.7 cm³/mol. The molecule has 0 bridgehead atoms. The van der Waals surface area contributed by atoms with Crippen molar-refractivity contribution < 1.29 is 19.2 Å². The van der Waals surface area contributed by atoms with Crippen molar-refractivity contribution in [2.24, 2.45) is 5.92 Å². The van der Waals surface area contributed by atoms with Crippen molar-refractivity contribution in [2.45, 2.75) is 58.5 Å². The Morgan fingerprint density at radius 2 is 1.73 bits per heavy atom. The molecule has 122 valence electrons. The lowest BCUT2D eigenvalue weighted by Gasteiger charge is -2.22. The second-order valence-corrected chi connectivity index (χ2v) is 6.39. The van der Waals surface area contributed by atoms with Crippen LogP contribution in [0.4, 0.5) is 4.79 Å². The molecule has 0 unspecified atom stereocenters. The van der Waals surface area contributed by atoms with E-state index in [0.717, 1.165) is 35.5 Å². The SMILES string of the molecule is CC(C)[C@@H](C)NC(=O)CN1C(=O)C(=O)N(C2CCCC2)C1=O. The number of hydrogen-bond acceptors (Lipinski definition) is 4. The number of nitrogens with one attached hydrogen (secondary N) is 1. The van der Waals surface area contributed by atoms with Gasteiger partial charge in [0, 0.05) is 12.1 Å². The van der Waals surface area contributed by atoms with Gasteiger partial charge in [0.15, 0.2) is 0 Å². The molecule has 1 heterocycles. The van der Waals surface area contributed by atoms with Crippen LogP contribution in [0, 0.1) is 5.92 Å². The monoisotopic (exact) mass is 309 g/mol. The van der Waals surface area contributed by atoms with Crippen LogP contribution in [0.15, 0.2) is 0 Å². The van der Waals surface area contributed by atoms with Crippen LogP contribution in [0.3, 0.4) is 0 Å². The molecule has 0 aromatic heterocycles. The fraction of sp³-hybridized carbons (Fsp3) is 0.733. The lowest BCUT2D eigenvalue weighted by molar-refractivity contribution is -0.144. The van der Waals surface area contributed by atoms with Gasteiger partial charge in [0.05, 0.1) is 0 Å². The molecule has 0 aromatic rings. The highest BCUT2D eigenvalue weighted by atomic mass is 16.2. The van der Waals surface area contributed by atoms with Gasteiger partial charge in [0.2, 0.25) is 5.91 Å². The largest absolute Gasteiger partial charge is 0.352 e. The van der Waals surface area contributed by atoms with Crippen LogP contribution >= 0.6 is 0 Å². The highest BCUT2D eigenvalue weighted by Crippen LogP contribution is 2.27. The summed E-state index contributed by atoms with van der Waals surface area (Å²) in [7, 11) is 0. The van der Waals surface area contributed by atoms with E-state index in [1.165, 1.54) is 0 Å². The van der Waals surface area contributed by atoms with Gasteiger partial charge in [-0.05, 0) is 25.7 Å². The average Bonchev–Trinajstić information content (AvgIpc) is 3.03. The standard InChI is InChI=1S/C15H23N3O4/c1-9(2)10(3)16-12(19)8-17-13(20)14(21)18(15(17)22)11-6-4-5-7-11/h9-11H,4-8H2,1-3H3,(H,16,19)/t10-/m1/s1. The zero-order valence-electron chi connectivity index (χ0n) is 13.3. The summed E-state index contributed by atoms with van der Waals surface area (Å²) in [5.41, 5.74) is 0. The third-order valence-electron chi connectivity index (χ3n) is 4.46. The number of amides is 5. The van der Waals surface area contributed by atoms with Crippen molar-refractivity contribution in [3.63, 3.8) is 0 Å². The van der Waals surface area contributed by atoms with Crippen LogP contribution < -0.4 is 5.32 Å². The highest BCUT2D eigenvalue weighted by molar-refractivity contribution is 6.45. The zero-order valence-corrected chi connectivity index (χ0v) is 13.3. The first-order valence-electron chi connectivity index (χ1n) is 7.81. The summed E-state index contributed by atoms with van der Waals surface area (Å²) in [4.78, 5) is 50.0. The molecule has 7 heteroatoms. The number of carbonyl (C=O) groups is 4. The van der Waals surface area contributed by atoms with E-state index in [4.69, 9.17) is 0 Å². The molecule has 2 rings (SSSR count). The molecule has 22 heavy (non-hydrogen) atoms. The average molecular weight is 309 g/mol. The number of rotatable bonds is 5. The van der Waals surface area contributed by atoms with Crippen LogP contribution in [0.5, 0.6) is 0 Å². The number of urea groups is 1. The number of carbonyl (C=O) groups excluding carboxylic acids is 4. The molecular weight excluding hydrogens is 286 g/mol. The van der Waals surface area contributed by atoms with E-state index >= 15 is 0 Å². The van der Waals surface area contributed by atoms with Crippen molar-refractivity contribution in [3.8, 4) is 0 Å². The summed E-state index contributed by atoms with van der Waals surface area (Å²) < 4.78 is 0. The molecule has 1 atom stereocenters. The molecule has 1 aliphatic carbocycles. The molecule has 2 aliphatic rings. The maximum atomic E-state index is 12.3. The molecular formula is C15H23N3O4. The van der Waals surface area contributed by atoms with Gasteiger partial charge < -0.3 is 5.32 Å². The van der Waals surface area contributed by atoms with Crippen LogP contribution in [0.2, 0.25) is 0 Å². The van der Waals surface area contributed by atoms with Crippen LogP contribution in [0.1, 0.15) is 46.5 Å². The van der Waals surface area contributed by atoms with Gasteiger partial charge in [-0.3, -0.25) is 19.3 Å². The second kappa shape index (κ2) is 6.46. The number of imide groups is 2. The maximum Gasteiger partial charge on any atom is 0.334 e. The third-order valence-corrected chi connectivity index (χ3v) is 4.46. The minimum Gasteiger partial charge on any atom is -0.352 e. The fourth-order valence-corrected chi connectivity index (χ4v) is 2.76. The molecule has 0 radical (unpaired) electrons. The zero-order chi connectivity index (χ0) is 16.4. The van der Waals surface area contributed by atoms with Crippen molar-refractivity contribution >= 4 is 23.8 Å². The summed E-state index contributed by atoms with van der Waals surface area (Å²) in [5, 5.41) is 2.73. The molecule has 7 nitrogen and oxygen atoms in total. The van der Waals surface area contributed by atoms with Gasteiger partial charge in [0.25, 0.3) is 0 Å². The quantitative estimate of drug-likeness (QED) is 0.603. The first kappa shape index (κ1) is 16.5. The Morgan fingerprint density at radius 3 is 2.27 bits per heavy atom. The van der Waals surface area contributed by atoms with Crippen LogP contribution in [-0.2, 0) is 14.4 Å². The van der Waals surface area contributed by atoms with Gasteiger partial charge in [-0.25, -0.2) is 9.69 Å². The normalized spacial score (nSPS) is 21.2. The number of nitrogens with zero attached hydrogens (tertiary/aromatic N) is 2. The van der Waals surface area contributed by atoms with E-state index in [1.807, 2.05) is 20.8 Å². The highest BCUT2D eigenvalue weighted by Gasteiger charge is 2.48. The first-order valence-corrected chi connectivity index (χ1v) is 7.81. The van der Waals surface area contributed by atoms with Gasteiger partial charge in [-0.2, -0.15) is 0 Å². The molecule has 1 saturated heterocycles. The molecule has 2 fully saturated rings. The summed E-state index contributed by atoms with van der Waals surface area (Å²) in [5.74, 6) is -1.89. The van der Waals surface area contributed by atoms with E-state index in [-0.39, 0.29) is 18.0 Å². The van der Waals surface area contributed by atoms with E-state index < -0.39 is 30.3 Å². The lowest BCUT2D eigenvalue weighted by atomic mass is 10.1. The minimum absolute atomic E-state index is 0.0676. The summed E-state index contributed by atoms with van der Waals surface area (Å²) in [6.45, 7) is 5.38. The van der Waals surface area contributed by atoms with Gasteiger partial charge >= 0.3 is 17.8 Å². The van der Waals surface area contributed by atoms with Crippen molar-refractivity contribution in [3.05, 3.63) is 0 Å². The summed E-state index contributed by atoms with van der Waals surface area (Å²) in [6.07, 6.45) is 3.36. The molecule has 1 N–H and O–H groups in total. The molecule has 5 amide bonds. The maximum absolute atomic E-state index is 12.3. The Morgan fingerprint density at radius 1 is 1.14 bits per heavy atom.